The largest absolute Gasteiger partial charge is 0.324 e. The Hall–Kier alpha value is 0.270. The first-order chi connectivity index (χ1) is 6.53. The highest BCUT2D eigenvalue weighted by Gasteiger charge is 2.24. The van der Waals surface area contributed by atoms with E-state index in [1.165, 1.54) is 25.3 Å². The number of hydrogen-bond donors (Lipinski definition) is 1. The van der Waals surface area contributed by atoms with E-state index in [2.05, 4.69) is 37.4 Å². The van der Waals surface area contributed by atoms with Crippen LogP contribution in [0.3, 0.4) is 0 Å². The molecule has 1 rings (SSSR count). The van der Waals surface area contributed by atoms with Crippen LogP contribution in [0.2, 0.25) is 0 Å². The Morgan fingerprint density at radius 1 is 1.57 bits per heavy atom. The average Bonchev–Trinajstić information content (AvgIpc) is 2.02. The van der Waals surface area contributed by atoms with Crippen molar-refractivity contribution >= 4 is 11.8 Å². The van der Waals surface area contributed by atoms with Gasteiger partial charge in [0.25, 0.3) is 0 Å². The summed E-state index contributed by atoms with van der Waals surface area (Å²) in [6.07, 6.45) is 2.32. The van der Waals surface area contributed by atoms with Gasteiger partial charge in [-0.3, -0.25) is 4.90 Å². The molecule has 2 N–H and O–H groups in total. The fourth-order valence-electron chi connectivity index (χ4n) is 2.20. The van der Waals surface area contributed by atoms with E-state index in [0.717, 1.165) is 18.2 Å². The number of thioether (sulfide) groups is 1. The smallest absolute Gasteiger partial charge is 0.0254 e. The molecule has 1 saturated heterocycles. The van der Waals surface area contributed by atoms with Gasteiger partial charge in [-0.05, 0) is 13.3 Å². The van der Waals surface area contributed by atoms with E-state index in [9.17, 15) is 0 Å². The van der Waals surface area contributed by atoms with Crippen molar-refractivity contribution < 1.29 is 0 Å². The molecular formula is C11H24N2S. The molecule has 2 atom stereocenters. The van der Waals surface area contributed by atoms with Crippen LogP contribution in [0.1, 0.15) is 33.6 Å². The lowest BCUT2D eigenvalue weighted by Gasteiger charge is -2.36. The van der Waals surface area contributed by atoms with Crippen molar-refractivity contribution in [2.75, 3.05) is 25.4 Å². The van der Waals surface area contributed by atoms with Gasteiger partial charge in [-0.1, -0.05) is 20.3 Å². The first kappa shape index (κ1) is 12.3. The van der Waals surface area contributed by atoms with E-state index < -0.39 is 0 Å². The third-order valence-corrected chi connectivity index (χ3v) is 3.87. The molecule has 0 spiro atoms. The second kappa shape index (κ2) is 5.38. The highest BCUT2D eigenvalue weighted by molar-refractivity contribution is 7.99. The van der Waals surface area contributed by atoms with Gasteiger partial charge in [0.1, 0.15) is 0 Å². The molecule has 1 heterocycles. The molecule has 3 heteroatoms. The molecule has 2 nitrogen and oxygen atoms in total. The van der Waals surface area contributed by atoms with Crippen molar-refractivity contribution in [1.82, 2.24) is 4.90 Å². The Bertz CT molecular complexity index is 171. The van der Waals surface area contributed by atoms with Crippen LogP contribution < -0.4 is 5.73 Å². The van der Waals surface area contributed by atoms with Crippen LogP contribution in [-0.2, 0) is 0 Å². The van der Waals surface area contributed by atoms with Gasteiger partial charge in [-0.2, -0.15) is 11.8 Å². The molecule has 84 valence electrons. The maximum absolute atomic E-state index is 6.26. The van der Waals surface area contributed by atoms with Crippen LogP contribution in [0, 0.1) is 0 Å². The molecule has 0 aromatic rings. The molecule has 1 aliphatic rings. The lowest BCUT2D eigenvalue weighted by atomic mass is 9.97. The van der Waals surface area contributed by atoms with Crippen LogP contribution in [0.4, 0.5) is 0 Å². The first-order valence-corrected chi connectivity index (χ1v) is 6.71. The highest BCUT2D eigenvalue weighted by atomic mass is 32.2. The van der Waals surface area contributed by atoms with Crippen LogP contribution >= 0.6 is 11.8 Å². The number of hydrogen-bond acceptors (Lipinski definition) is 3. The third-order valence-electron chi connectivity index (χ3n) is 2.73. The second-order valence-corrected chi connectivity index (χ2v) is 6.37. The van der Waals surface area contributed by atoms with Crippen molar-refractivity contribution in [1.29, 1.82) is 0 Å². The summed E-state index contributed by atoms with van der Waals surface area (Å²) in [6, 6.07) is 0. The summed E-state index contributed by atoms with van der Waals surface area (Å²) in [5, 5.41) is 0.779. The predicted molar refractivity (Wildman–Crippen MR) is 65.9 cm³/mol. The van der Waals surface area contributed by atoms with Crippen molar-refractivity contribution in [2.24, 2.45) is 5.73 Å². The fraction of sp³-hybridized carbons (Fsp3) is 1.00. The first-order valence-electron chi connectivity index (χ1n) is 5.66. The zero-order valence-corrected chi connectivity index (χ0v) is 10.6. The van der Waals surface area contributed by atoms with Gasteiger partial charge in [0.05, 0.1) is 0 Å². The zero-order chi connectivity index (χ0) is 10.6. The maximum Gasteiger partial charge on any atom is 0.0254 e. The Labute approximate surface area is 92.6 Å². The highest BCUT2D eigenvalue weighted by Crippen LogP contribution is 2.20. The summed E-state index contributed by atoms with van der Waals surface area (Å²) in [6.45, 7) is 10.2. The SMILES string of the molecule is CCCC(C)(N)CN1CCSC(C)C1. The van der Waals surface area contributed by atoms with Crippen LogP contribution in [0.5, 0.6) is 0 Å². The summed E-state index contributed by atoms with van der Waals surface area (Å²) in [5.41, 5.74) is 6.27. The van der Waals surface area contributed by atoms with Gasteiger partial charge in [-0.25, -0.2) is 0 Å². The van der Waals surface area contributed by atoms with Crippen molar-refractivity contribution in [3.63, 3.8) is 0 Å². The fourth-order valence-corrected chi connectivity index (χ4v) is 3.28. The lowest BCUT2D eigenvalue weighted by molar-refractivity contribution is 0.217. The van der Waals surface area contributed by atoms with Gasteiger partial charge in [-0.15, -0.1) is 0 Å². The number of nitrogens with zero attached hydrogens (tertiary/aromatic N) is 1. The Kier molecular flexibility index (Phi) is 4.74. The van der Waals surface area contributed by atoms with E-state index in [1.807, 2.05) is 0 Å². The molecule has 0 bridgehead atoms. The minimum Gasteiger partial charge on any atom is -0.324 e. The van der Waals surface area contributed by atoms with Crippen molar-refractivity contribution in [3.8, 4) is 0 Å². The van der Waals surface area contributed by atoms with E-state index >= 15 is 0 Å². The average molecular weight is 216 g/mol. The molecule has 0 radical (unpaired) electrons. The van der Waals surface area contributed by atoms with E-state index in [1.54, 1.807) is 0 Å². The molecule has 14 heavy (non-hydrogen) atoms. The standard InChI is InChI=1S/C11H24N2S/c1-4-5-11(3,12)9-13-6-7-14-10(2)8-13/h10H,4-9,12H2,1-3H3. The monoisotopic (exact) mass is 216 g/mol. The normalized spacial score (nSPS) is 28.7. The Morgan fingerprint density at radius 3 is 2.86 bits per heavy atom. The summed E-state index contributed by atoms with van der Waals surface area (Å²) >= 11 is 2.08. The van der Waals surface area contributed by atoms with Gasteiger partial charge in [0, 0.05) is 36.2 Å². The van der Waals surface area contributed by atoms with Crippen molar-refractivity contribution in [2.45, 2.75) is 44.4 Å². The molecule has 0 amide bonds. The molecular weight excluding hydrogens is 192 g/mol. The maximum atomic E-state index is 6.26. The van der Waals surface area contributed by atoms with Crippen LogP contribution in [0.25, 0.3) is 0 Å². The van der Waals surface area contributed by atoms with E-state index in [0.29, 0.717) is 0 Å². The molecule has 2 unspecified atom stereocenters. The quantitative estimate of drug-likeness (QED) is 0.779. The summed E-state index contributed by atoms with van der Waals surface area (Å²) in [7, 11) is 0. The van der Waals surface area contributed by atoms with Gasteiger partial charge >= 0.3 is 0 Å². The number of rotatable bonds is 4. The minimum atomic E-state index is 0.0104. The van der Waals surface area contributed by atoms with E-state index in [-0.39, 0.29) is 5.54 Å². The summed E-state index contributed by atoms with van der Waals surface area (Å²) in [5.74, 6) is 1.27. The van der Waals surface area contributed by atoms with Gasteiger partial charge in [0.2, 0.25) is 0 Å². The lowest BCUT2D eigenvalue weighted by Crippen LogP contribution is -2.50. The third kappa shape index (κ3) is 4.20. The van der Waals surface area contributed by atoms with Crippen LogP contribution in [-0.4, -0.2) is 41.1 Å². The topological polar surface area (TPSA) is 29.3 Å². The summed E-state index contributed by atoms with van der Waals surface area (Å²) < 4.78 is 0. The van der Waals surface area contributed by atoms with Gasteiger partial charge in [0.15, 0.2) is 0 Å². The van der Waals surface area contributed by atoms with E-state index in [4.69, 9.17) is 5.73 Å². The molecule has 0 aliphatic carbocycles. The number of nitrogens with two attached hydrogens (primary N) is 1. The predicted octanol–water partition coefficient (Wildman–Crippen LogP) is 1.94. The Balaban J connectivity index is 2.34. The molecule has 0 aromatic carbocycles. The minimum absolute atomic E-state index is 0.0104. The second-order valence-electron chi connectivity index (χ2n) is 4.82. The van der Waals surface area contributed by atoms with Crippen molar-refractivity contribution in [3.05, 3.63) is 0 Å². The zero-order valence-electron chi connectivity index (χ0n) is 9.75. The van der Waals surface area contributed by atoms with Crippen LogP contribution in [0.15, 0.2) is 0 Å². The molecule has 0 aromatic heterocycles. The molecule has 0 saturated carbocycles. The molecule has 1 aliphatic heterocycles. The summed E-state index contributed by atoms with van der Waals surface area (Å²) in [4.78, 5) is 2.52. The molecule has 1 fully saturated rings. The van der Waals surface area contributed by atoms with Gasteiger partial charge < -0.3 is 5.73 Å². The Morgan fingerprint density at radius 2 is 2.29 bits per heavy atom.